The van der Waals surface area contributed by atoms with Crippen molar-refractivity contribution < 1.29 is 27.2 Å². The predicted octanol–water partition coefficient (Wildman–Crippen LogP) is 6.16. The van der Waals surface area contributed by atoms with Crippen molar-refractivity contribution in [3.05, 3.63) is 87.8 Å². The molecule has 0 spiro atoms. The van der Waals surface area contributed by atoms with Gasteiger partial charge in [0, 0.05) is 29.7 Å². The second kappa shape index (κ2) is 10.3. The van der Waals surface area contributed by atoms with Crippen LogP contribution >= 0.6 is 22.9 Å². The van der Waals surface area contributed by atoms with Gasteiger partial charge in [0.15, 0.2) is 10.8 Å². The van der Waals surface area contributed by atoms with E-state index in [1.54, 1.807) is 11.4 Å². The molecule has 0 aliphatic carbocycles. The maximum absolute atomic E-state index is 14.8. The van der Waals surface area contributed by atoms with Crippen LogP contribution in [0.15, 0.2) is 60.1 Å². The lowest BCUT2D eigenvalue weighted by Gasteiger charge is -2.22. The number of benzene rings is 2. The van der Waals surface area contributed by atoms with Gasteiger partial charge in [-0.1, -0.05) is 23.7 Å². The van der Waals surface area contributed by atoms with Crippen LogP contribution in [0.5, 0.6) is 0 Å². The van der Waals surface area contributed by atoms with Crippen LogP contribution in [-0.2, 0) is 11.0 Å². The minimum atomic E-state index is -4.76. The molecule has 37 heavy (non-hydrogen) atoms. The minimum Gasteiger partial charge on any atom is -0.299 e. The summed E-state index contributed by atoms with van der Waals surface area (Å²) in [5, 5.41) is 8.32. The van der Waals surface area contributed by atoms with E-state index in [1.165, 1.54) is 61.8 Å². The molecule has 1 atom stereocenters. The monoisotopic (exact) mass is 551 g/mol. The Morgan fingerprint density at radius 2 is 1.92 bits per heavy atom. The molecule has 4 rings (SSSR count). The molecule has 4 aromatic rings. The van der Waals surface area contributed by atoms with Crippen LogP contribution < -0.4 is 10.2 Å². The highest BCUT2D eigenvalue weighted by atomic mass is 35.5. The van der Waals surface area contributed by atoms with Crippen LogP contribution in [0, 0.1) is 5.82 Å². The van der Waals surface area contributed by atoms with Gasteiger partial charge in [-0.3, -0.25) is 19.8 Å². The van der Waals surface area contributed by atoms with E-state index in [0.717, 1.165) is 21.7 Å². The van der Waals surface area contributed by atoms with Gasteiger partial charge < -0.3 is 0 Å². The number of amides is 2. The Balaban J connectivity index is 1.62. The highest BCUT2D eigenvalue weighted by Gasteiger charge is 2.36. The molecule has 0 radical (unpaired) electrons. The van der Waals surface area contributed by atoms with Gasteiger partial charge in [-0.25, -0.2) is 14.1 Å². The van der Waals surface area contributed by atoms with Gasteiger partial charge in [0.2, 0.25) is 5.91 Å². The van der Waals surface area contributed by atoms with Crippen molar-refractivity contribution in [1.29, 1.82) is 0 Å². The van der Waals surface area contributed by atoms with Crippen LogP contribution in [0.4, 0.5) is 28.5 Å². The van der Waals surface area contributed by atoms with Gasteiger partial charge in [-0.05, 0) is 42.8 Å². The first-order valence-electron chi connectivity index (χ1n) is 10.7. The minimum absolute atomic E-state index is 0.161. The van der Waals surface area contributed by atoms with E-state index in [9.17, 15) is 27.2 Å². The average molecular weight is 552 g/mol. The van der Waals surface area contributed by atoms with Crippen molar-refractivity contribution in [2.45, 2.75) is 19.0 Å². The molecule has 0 saturated heterocycles. The number of aromatic nitrogens is 3. The van der Waals surface area contributed by atoms with Crippen LogP contribution in [0.3, 0.4) is 0 Å². The first kappa shape index (κ1) is 26.3. The van der Waals surface area contributed by atoms with Gasteiger partial charge in [-0.2, -0.15) is 18.3 Å². The highest BCUT2D eigenvalue weighted by Crippen LogP contribution is 2.34. The Kier molecular flexibility index (Phi) is 7.32. The largest absolute Gasteiger partial charge is 0.435 e. The molecule has 192 valence electrons. The van der Waals surface area contributed by atoms with E-state index in [2.05, 4.69) is 15.4 Å². The predicted molar refractivity (Wildman–Crippen MR) is 132 cm³/mol. The molecule has 1 unspecified atom stereocenters. The smallest absolute Gasteiger partial charge is 0.299 e. The molecule has 2 amide bonds. The number of nitrogens with zero attached hydrogens (tertiary/aromatic N) is 4. The van der Waals surface area contributed by atoms with Crippen LogP contribution in [-0.4, -0.2) is 33.6 Å². The Bertz CT molecular complexity index is 1460. The summed E-state index contributed by atoms with van der Waals surface area (Å²) in [6.07, 6.45) is -3.27. The van der Waals surface area contributed by atoms with E-state index in [4.69, 9.17) is 11.6 Å². The van der Waals surface area contributed by atoms with Crippen molar-refractivity contribution in [3.8, 4) is 5.69 Å². The fourth-order valence-electron chi connectivity index (χ4n) is 3.53. The molecule has 1 N–H and O–H groups in total. The molecule has 0 bridgehead atoms. The van der Waals surface area contributed by atoms with E-state index >= 15 is 0 Å². The number of carbonyl (C=O) groups excluding carboxylic acids is 2. The van der Waals surface area contributed by atoms with Crippen molar-refractivity contribution >= 4 is 45.7 Å². The van der Waals surface area contributed by atoms with Crippen molar-refractivity contribution in [2.75, 3.05) is 17.3 Å². The lowest BCUT2D eigenvalue weighted by atomic mass is 9.98. The fourth-order valence-corrected chi connectivity index (χ4v) is 4.24. The number of hydrogen-bond donors (Lipinski definition) is 1. The second-order valence-corrected chi connectivity index (χ2v) is 9.26. The number of nitrogens with one attached hydrogen (secondary N) is 1. The fraction of sp³-hybridized carbons (Fsp3) is 0.167. The number of rotatable bonds is 6. The summed E-state index contributed by atoms with van der Waals surface area (Å²) in [4.78, 5) is 30.5. The quantitative estimate of drug-likeness (QED) is 0.291. The third kappa shape index (κ3) is 5.65. The van der Waals surface area contributed by atoms with Crippen molar-refractivity contribution in [1.82, 2.24) is 14.8 Å². The Morgan fingerprint density at radius 3 is 2.54 bits per heavy atom. The number of thiazole rings is 1. The lowest BCUT2D eigenvalue weighted by molar-refractivity contribution is -0.141. The molecule has 0 fully saturated rings. The number of carbonyl (C=O) groups is 2. The zero-order valence-electron chi connectivity index (χ0n) is 19.3. The molecular formula is C24H18ClF4N5O2S. The third-order valence-corrected chi connectivity index (χ3v) is 6.39. The van der Waals surface area contributed by atoms with Crippen molar-refractivity contribution in [2.24, 2.45) is 0 Å². The first-order chi connectivity index (χ1) is 17.5. The van der Waals surface area contributed by atoms with Crippen LogP contribution in [0.1, 0.15) is 34.5 Å². The van der Waals surface area contributed by atoms with Gasteiger partial charge in [-0.15, -0.1) is 11.3 Å². The first-order valence-corrected chi connectivity index (χ1v) is 11.9. The lowest BCUT2D eigenvalue weighted by Crippen LogP contribution is -2.32. The van der Waals surface area contributed by atoms with E-state index in [-0.39, 0.29) is 27.7 Å². The molecule has 2 aromatic heterocycles. The Labute approximate surface area is 217 Å². The van der Waals surface area contributed by atoms with E-state index in [0.29, 0.717) is 5.13 Å². The summed E-state index contributed by atoms with van der Waals surface area (Å²) in [6.45, 7) is 1.48. The number of anilines is 2. The molecule has 7 nitrogen and oxygen atoms in total. The maximum atomic E-state index is 14.8. The number of halogens is 5. The molecule has 2 aromatic carbocycles. The summed E-state index contributed by atoms with van der Waals surface area (Å²) in [5.74, 6) is -3.33. The Morgan fingerprint density at radius 1 is 1.16 bits per heavy atom. The Hall–Kier alpha value is -3.77. The van der Waals surface area contributed by atoms with E-state index in [1.807, 2.05) is 0 Å². The van der Waals surface area contributed by atoms with Crippen LogP contribution in [0.2, 0.25) is 5.02 Å². The summed E-state index contributed by atoms with van der Waals surface area (Å²) in [7, 11) is 1.29. The molecule has 0 aliphatic rings. The topological polar surface area (TPSA) is 80.1 Å². The van der Waals surface area contributed by atoms with Gasteiger partial charge in [0.1, 0.15) is 11.6 Å². The number of hydrogen-bond acceptors (Lipinski definition) is 5. The summed E-state index contributed by atoms with van der Waals surface area (Å²) in [5.41, 5.74) is -1.01. The molecule has 2 heterocycles. The SMILES string of the molecule is CC(C(=O)N(C)c1cc(C(F)(F)F)nn1-c1cccc(Cl)c1)c1ccc(C(=O)Nc2nccs2)c(F)c1. The second-order valence-electron chi connectivity index (χ2n) is 7.93. The van der Waals surface area contributed by atoms with Gasteiger partial charge in [0.25, 0.3) is 5.91 Å². The summed E-state index contributed by atoms with van der Waals surface area (Å²) >= 11 is 7.16. The zero-order valence-corrected chi connectivity index (χ0v) is 20.8. The molecule has 13 heteroatoms. The van der Waals surface area contributed by atoms with Gasteiger partial charge in [0.05, 0.1) is 17.2 Å². The third-order valence-electron chi connectivity index (χ3n) is 5.47. The van der Waals surface area contributed by atoms with Crippen LogP contribution in [0.25, 0.3) is 5.69 Å². The highest BCUT2D eigenvalue weighted by molar-refractivity contribution is 7.13. The summed E-state index contributed by atoms with van der Waals surface area (Å²) in [6, 6.07) is 10.4. The molecular weight excluding hydrogens is 534 g/mol. The number of likely N-dealkylation sites (N-methyl/N-ethyl adjacent to an activating group) is 1. The summed E-state index contributed by atoms with van der Waals surface area (Å²) < 4.78 is 56.1. The average Bonchev–Trinajstić information content (AvgIpc) is 3.52. The molecule has 0 aliphatic heterocycles. The van der Waals surface area contributed by atoms with E-state index < -0.39 is 35.4 Å². The number of alkyl halides is 3. The van der Waals surface area contributed by atoms with Gasteiger partial charge >= 0.3 is 6.18 Å². The molecule has 0 saturated carbocycles. The zero-order chi connectivity index (χ0) is 26.9. The standard InChI is InChI=1S/C24H18ClF4N5O2S/c1-13(14-6-7-17(18(26)10-14)21(35)31-23-30-8-9-37-23)22(36)33(2)20-12-19(24(27,28)29)32-34(20)16-5-3-4-15(25)11-16/h3-13H,1-2H3,(H,30,31,35). The van der Waals surface area contributed by atoms with Crippen molar-refractivity contribution in [3.63, 3.8) is 0 Å². The normalized spacial score (nSPS) is 12.3. The maximum Gasteiger partial charge on any atom is 0.435 e.